The van der Waals surface area contributed by atoms with Gasteiger partial charge in [0.2, 0.25) is 0 Å². The summed E-state index contributed by atoms with van der Waals surface area (Å²) in [5, 5.41) is 9.14. The van der Waals surface area contributed by atoms with Gasteiger partial charge in [-0.25, -0.2) is 4.79 Å². The zero-order valence-corrected chi connectivity index (χ0v) is 6.62. The number of carbonyl (C=O) groups is 1. The molecular formula is C7H13NO3. The van der Waals surface area contributed by atoms with Gasteiger partial charge in [0, 0.05) is 6.54 Å². The Morgan fingerprint density at radius 3 is 2.73 bits per heavy atom. The molecular weight excluding hydrogens is 146 g/mol. The molecule has 4 heteroatoms. The van der Waals surface area contributed by atoms with Crippen LogP contribution in [0.3, 0.4) is 0 Å². The molecule has 1 heterocycles. The van der Waals surface area contributed by atoms with Crippen LogP contribution < -0.4 is 0 Å². The van der Waals surface area contributed by atoms with Gasteiger partial charge in [0.15, 0.2) is 6.10 Å². The molecule has 0 bridgehead atoms. The van der Waals surface area contributed by atoms with Crippen LogP contribution >= 0.6 is 0 Å². The maximum absolute atomic E-state index is 10.7. The first-order valence-electron chi connectivity index (χ1n) is 3.72. The van der Waals surface area contributed by atoms with Gasteiger partial charge in [-0.1, -0.05) is 0 Å². The molecule has 0 aliphatic carbocycles. The van der Waals surface area contributed by atoms with Crippen molar-refractivity contribution in [1.82, 2.24) is 4.90 Å². The number of ether oxygens (including phenoxy) is 1. The minimum absolute atomic E-state index is 0.409. The molecule has 0 aromatic heterocycles. The molecule has 1 N–H and O–H groups in total. The molecule has 0 aromatic rings. The number of likely N-dealkylation sites (tertiary alicyclic amines) is 1. The van der Waals surface area contributed by atoms with Crippen molar-refractivity contribution < 1.29 is 14.6 Å². The van der Waals surface area contributed by atoms with Crippen molar-refractivity contribution in [2.24, 2.45) is 0 Å². The third-order valence-corrected chi connectivity index (χ3v) is 1.85. The Hall–Kier alpha value is -0.610. The number of hydrogen-bond acceptors (Lipinski definition) is 4. The van der Waals surface area contributed by atoms with Crippen molar-refractivity contribution in [3.05, 3.63) is 0 Å². The average Bonchev–Trinajstić information content (AvgIpc) is 1.94. The highest BCUT2D eigenvalue weighted by atomic mass is 16.5. The molecule has 1 aliphatic heterocycles. The number of β-amino-alcohol motifs (C(OH)–C–C–N with tert-alkyl or cyclic N) is 1. The molecule has 0 spiro atoms. The van der Waals surface area contributed by atoms with E-state index in [1.165, 1.54) is 7.11 Å². The minimum Gasteiger partial charge on any atom is -0.467 e. The monoisotopic (exact) mass is 159 g/mol. The van der Waals surface area contributed by atoms with E-state index in [4.69, 9.17) is 5.11 Å². The molecule has 64 valence electrons. The Bertz CT molecular complexity index is 145. The van der Waals surface area contributed by atoms with E-state index < -0.39 is 12.1 Å². The lowest BCUT2D eigenvalue weighted by molar-refractivity contribution is -0.151. The van der Waals surface area contributed by atoms with Gasteiger partial charge in [-0.05, 0) is 19.5 Å². The maximum atomic E-state index is 10.7. The zero-order valence-electron chi connectivity index (χ0n) is 6.62. The van der Waals surface area contributed by atoms with Gasteiger partial charge in [0.05, 0.1) is 7.11 Å². The molecule has 1 unspecified atom stereocenters. The van der Waals surface area contributed by atoms with Crippen molar-refractivity contribution in [2.45, 2.75) is 12.5 Å². The molecule has 4 nitrogen and oxygen atoms in total. The fraction of sp³-hybridized carbons (Fsp3) is 0.857. The van der Waals surface area contributed by atoms with Crippen LogP contribution in [0.5, 0.6) is 0 Å². The number of esters is 1. The van der Waals surface area contributed by atoms with Crippen LogP contribution in [0.4, 0.5) is 0 Å². The molecule has 0 amide bonds. The third kappa shape index (κ3) is 2.17. The second-order valence-electron chi connectivity index (χ2n) is 2.69. The highest BCUT2D eigenvalue weighted by Gasteiger charge is 2.22. The van der Waals surface area contributed by atoms with Crippen LogP contribution in [0.2, 0.25) is 0 Å². The molecule has 0 aromatic carbocycles. The predicted molar refractivity (Wildman–Crippen MR) is 39.1 cm³/mol. The number of nitrogens with zero attached hydrogens (tertiary/aromatic N) is 1. The average molecular weight is 159 g/mol. The third-order valence-electron chi connectivity index (χ3n) is 1.85. The van der Waals surface area contributed by atoms with E-state index in [2.05, 4.69) is 4.74 Å². The number of methoxy groups -OCH3 is 1. The summed E-state index contributed by atoms with van der Waals surface area (Å²) < 4.78 is 4.37. The first-order valence-corrected chi connectivity index (χ1v) is 3.72. The van der Waals surface area contributed by atoms with Crippen LogP contribution in [0, 0.1) is 0 Å². The van der Waals surface area contributed by atoms with Crippen LogP contribution in [0.1, 0.15) is 6.42 Å². The largest absolute Gasteiger partial charge is 0.467 e. The maximum Gasteiger partial charge on any atom is 0.336 e. The first kappa shape index (κ1) is 8.49. The number of hydrogen-bond donors (Lipinski definition) is 1. The number of aliphatic hydroxyl groups excluding tert-OH is 1. The van der Waals surface area contributed by atoms with Crippen molar-refractivity contribution in [3.63, 3.8) is 0 Å². The zero-order chi connectivity index (χ0) is 8.27. The van der Waals surface area contributed by atoms with Gasteiger partial charge in [-0.2, -0.15) is 0 Å². The fourth-order valence-electron chi connectivity index (χ4n) is 1.02. The summed E-state index contributed by atoms with van der Waals surface area (Å²) in [5.41, 5.74) is 0. The van der Waals surface area contributed by atoms with E-state index in [0.717, 1.165) is 19.5 Å². The molecule has 1 atom stereocenters. The lowest BCUT2D eigenvalue weighted by Crippen LogP contribution is -2.44. The van der Waals surface area contributed by atoms with Gasteiger partial charge in [0.1, 0.15) is 0 Å². The van der Waals surface area contributed by atoms with Crippen LogP contribution in [-0.4, -0.2) is 48.8 Å². The topological polar surface area (TPSA) is 49.8 Å². The van der Waals surface area contributed by atoms with E-state index >= 15 is 0 Å². The van der Waals surface area contributed by atoms with E-state index in [1.54, 1.807) is 0 Å². The SMILES string of the molecule is COC(=O)C(O)CN1CCC1. The standard InChI is InChI=1S/C7H13NO3/c1-11-7(10)6(9)5-8-3-2-4-8/h6,9H,2-5H2,1H3. The lowest BCUT2D eigenvalue weighted by Gasteiger charge is -2.31. The van der Waals surface area contributed by atoms with E-state index in [1.807, 2.05) is 4.90 Å². The molecule has 1 saturated heterocycles. The predicted octanol–water partition coefficient (Wildman–Crippen LogP) is -0.774. The Labute approximate surface area is 65.8 Å². The Balaban J connectivity index is 2.18. The highest BCUT2D eigenvalue weighted by molar-refractivity contribution is 5.74. The van der Waals surface area contributed by atoms with Gasteiger partial charge < -0.3 is 14.7 Å². The summed E-state index contributed by atoms with van der Waals surface area (Å²) in [5.74, 6) is -0.545. The summed E-state index contributed by atoms with van der Waals surface area (Å²) in [4.78, 5) is 12.7. The number of carbonyl (C=O) groups excluding carboxylic acids is 1. The molecule has 0 saturated carbocycles. The number of aliphatic hydroxyl groups is 1. The van der Waals surface area contributed by atoms with Crippen molar-refractivity contribution in [3.8, 4) is 0 Å². The first-order chi connectivity index (χ1) is 5.24. The minimum atomic E-state index is -0.972. The van der Waals surface area contributed by atoms with Crippen molar-refractivity contribution >= 4 is 5.97 Å². The summed E-state index contributed by atoms with van der Waals surface area (Å²) in [7, 11) is 1.28. The molecule has 11 heavy (non-hydrogen) atoms. The quantitative estimate of drug-likeness (QED) is 0.549. The highest BCUT2D eigenvalue weighted by Crippen LogP contribution is 2.06. The van der Waals surface area contributed by atoms with E-state index in [0.29, 0.717) is 6.54 Å². The summed E-state index contributed by atoms with van der Waals surface area (Å²) >= 11 is 0. The van der Waals surface area contributed by atoms with E-state index in [9.17, 15) is 4.79 Å². The van der Waals surface area contributed by atoms with Crippen LogP contribution in [0.25, 0.3) is 0 Å². The molecule has 1 aliphatic rings. The summed E-state index contributed by atoms with van der Waals surface area (Å²) in [6, 6.07) is 0. The van der Waals surface area contributed by atoms with Crippen LogP contribution in [-0.2, 0) is 9.53 Å². The fourth-order valence-corrected chi connectivity index (χ4v) is 1.02. The Morgan fingerprint density at radius 1 is 1.73 bits per heavy atom. The van der Waals surface area contributed by atoms with Gasteiger partial charge in [-0.3, -0.25) is 0 Å². The summed E-state index contributed by atoms with van der Waals surface area (Å²) in [6.45, 7) is 2.37. The molecule has 1 fully saturated rings. The summed E-state index contributed by atoms with van der Waals surface area (Å²) in [6.07, 6.45) is 0.189. The lowest BCUT2D eigenvalue weighted by atomic mass is 10.2. The van der Waals surface area contributed by atoms with Crippen LogP contribution in [0.15, 0.2) is 0 Å². The normalized spacial score (nSPS) is 20.5. The number of rotatable bonds is 3. The van der Waals surface area contributed by atoms with Crippen molar-refractivity contribution in [1.29, 1.82) is 0 Å². The van der Waals surface area contributed by atoms with E-state index in [-0.39, 0.29) is 0 Å². The van der Waals surface area contributed by atoms with Gasteiger partial charge in [-0.15, -0.1) is 0 Å². The van der Waals surface area contributed by atoms with Gasteiger partial charge >= 0.3 is 5.97 Å². The van der Waals surface area contributed by atoms with Crippen molar-refractivity contribution in [2.75, 3.05) is 26.7 Å². The second kappa shape index (κ2) is 3.69. The Morgan fingerprint density at radius 2 is 2.36 bits per heavy atom. The molecule has 1 rings (SSSR count). The van der Waals surface area contributed by atoms with Gasteiger partial charge in [0.25, 0.3) is 0 Å². The smallest absolute Gasteiger partial charge is 0.336 e. The Kier molecular flexibility index (Phi) is 2.84. The molecule has 0 radical (unpaired) electrons. The second-order valence-corrected chi connectivity index (χ2v) is 2.69.